The molecule has 1 aromatic carbocycles. The lowest BCUT2D eigenvalue weighted by Gasteiger charge is -2.25. The topological polar surface area (TPSA) is 67.9 Å². The molecule has 1 heterocycles. The summed E-state index contributed by atoms with van der Waals surface area (Å²) in [5.74, 6) is -1.34. The van der Waals surface area contributed by atoms with Crippen molar-refractivity contribution in [1.29, 1.82) is 0 Å². The second kappa shape index (κ2) is 6.86. The predicted molar refractivity (Wildman–Crippen MR) is 66.8 cm³/mol. The van der Waals surface area contributed by atoms with Gasteiger partial charge in [-0.05, 0) is 5.56 Å². The van der Waals surface area contributed by atoms with Gasteiger partial charge in [-0.15, -0.1) is 0 Å². The largest absolute Gasteiger partial charge is 0.378 e. The number of benzene rings is 1. The Balaban J connectivity index is 1.73. The van der Waals surface area contributed by atoms with Crippen LogP contribution in [0.1, 0.15) is 5.56 Å². The first-order valence-corrected chi connectivity index (χ1v) is 6.10. The van der Waals surface area contributed by atoms with Gasteiger partial charge in [-0.1, -0.05) is 30.3 Å². The summed E-state index contributed by atoms with van der Waals surface area (Å²) in [5, 5.41) is 0. The molecule has 0 atom stereocenters. The van der Waals surface area contributed by atoms with Crippen molar-refractivity contribution in [2.45, 2.75) is 6.61 Å². The molecule has 1 aliphatic rings. The normalized spacial score (nSPS) is 15.1. The zero-order valence-corrected chi connectivity index (χ0v) is 10.5. The molecule has 2 amide bonds. The summed E-state index contributed by atoms with van der Waals surface area (Å²) in [6, 6.07) is 9.38. The fourth-order valence-electron chi connectivity index (χ4n) is 1.71. The predicted octanol–water partition coefficient (Wildman–Crippen LogP) is 0.0932. The van der Waals surface area contributed by atoms with Crippen molar-refractivity contribution < 1.29 is 19.2 Å². The summed E-state index contributed by atoms with van der Waals surface area (Å²) in [6.07, 6.45) is 0. The molecule has 1 fully saturated rings. The third-order valence-electron chi connectivity index (χ3n) is 2.74. The van der Waals surface area contributed by atoms with E-state index in [1.54, 1.807) is 0 Å². The number of morpholine rings is 1. The van der Waals surface area contributed by atoms with E-state index in [1.165, 1.54) is 4.90 Å². The zero-order valence-electron chi connectivity index (χ0n) is 10.5. The Hall–Kier alpha value is -1.92. The van der Waals surface area contributed by atoms with Crippen LogP contribution >= 0.6 is 0 Å². The Morgan fingerprint density at radius 2 is 1.89 bits per heavy atom. The number of hydrogen-bond acceptors (Lipinski definition) is 4. The Morgan fingerprint density at radius 1 is 1.21 bits per heavy atom. The van der Waals surface area contributed by atoms with E-state index < -0.39 is 11.8 Å². The lowest BCUT2D eigenvalue weighted by Crippen LogP contribution is -2.47. The summed E-state index contributed by atoms with van der Waals surface area (Å²) in [5.41, 5.74) is 3.08. The smallest absolute Gasteiger partial charge is 0.333 e. The molecule has 0 aliphatic carbocycles. The van der Waals surface area contributed by atoms with Crippen LogP contribution in [0.2, 0.25) is 0 Å². The van der Waals surface area contributed by atoms with Crippen LogP contribution in [0, 0.1) is 0 Å². The van der Waals surface area contributed by atoms with Crippen molar-refractivity contribution in [3.05, 3.63) is 35.9 Å². The van der Waals surface area contributed by atoms with Crippen molar-refractivity contribution in [3.8, 4) is 0 Å². The van der Waals surface area contributed by atoms with E-state index in [0.717, 1.165) is 5.56 Å². The van der Waals surface area contributed by atoms with E-state index in [2.05, 4.69) is 5.48 Å². The van der Waals surface area contributed by atoms with Crippen LogP contribution in [0.3, 0.4) is 0 Å². The van der Waals surface area contributed by atoms with Crippen LogP contribution in [0.5, 0.6) is 0 Å². The highest BCUT2D eigenvalue weighted by molar-refractivity contribution is 6.34. The molecule has 0 radical (unpaired) electrons. The average molecular weight is 264 g/mol. The maximum absolute atomic E-state index is 11.7. The molecule has 1 aromatic rings. The minimum absolute atomic E-state index is 0.225. The molecule has 19 heavy (non-hydrogen) atoms. The van der Waals surface area contributed by atoms with Crippen LogP contribution in [-0.2, 0) is 25.8 Å². The summed E-state index contributed by atoms with van der Waals surface area (Å²) in [7, 11) is 0. The summed E-state index contributed by atoms with van der Waals surface area (Å²) >= 11 is 0. The molecule has 6 heteroatoms. The summed E-state index contributed by atoms with van der Waals surface area (Å²) in [6.45, 7) is 2.02. The molecule has 0 bridgehead atoms. The van der Waals surface area contributed by atoms with Crippen LogP contribution in [0.15, 0.2) is 30.3 Å². The lowest BCUT2D eigenvalue weighted by molar-refractivity contribution is -0.155. The first-order valence-electron chi connectivity index (χ1n) is 6.10. The number of ether oxygens (including phenoxy) is 1. The number of hydroxylamine groups is 1. The molecule has 1 aliphatic heterocycles. The highest BCUT2D eigenvalue weighted by atomic mass is 16.7. The number of rotatable bonds is 3. The number of carbonyl (C=O) groups excluding carboxylic acids is 2. The van der Waals surface area contributed by atoms with Crippen molar-refractivity contribution in [2.24, 2.45) is 0 Å². The molecule has 2 rings (SSSR count). The minimum atomic E-state index is -0.752. The molecule has 0 unspecified atom stereocenters. The number of hydrogen-bond donors (Lipinski definition) is 1. The van der Waals surface area contributed by atoms with Gasteiger partial charge in [0.05, 0.1) is 19.8 Å². The van der Waals surface area contributed by atoms with Crippen LogP contribution in [0.25, 0.3) is 0 Å². The summed E-state index contributed by atoms with van der Waals surface area (Å²) < 4.78 is 5.11. The standard InChI is InChI=1S/C13H16N2O4/c16-12(13(17)15-6-8-18-9-7-15)14-19-10-11-4-2-1-3-5-11/h1-5H,6-10H2,(H,14,16). The number of nitrogens with one attached hydrogen (secondary N) is 1. The van der Waals surface area contributed by atoms with Gasteiger partial charge in [0.2, 0.25) is 0 Å². The van der Waals surface area contributed by atoms with E-state index in [9.17, 15) is 9.59 Å². The van der Waals surface area contributed by atoms with Crippen molar-refractivity contribution in [1.82, 2.24) is 10.4 Å². The Labute approximate surface area is 111 Å². The number of amides is 2. The van der Waals surface area contributed by atoms with E-state index in [4.69, 9.17) is 9.57 Å². The zero-order chi connectivity index (χ0) is 13.5. The Bertz CT molecular complexity index is 430. The highest BCUT2D eigenvalue weighted by Crippen LogP contribution is 2.00. The maximum Gasteiger partial charge on any atom is 0.333 e. The third-order valence-corrected chi connectivity index (χ3v) is 2.74. The van der Waals surface area contributed by atoms with E-state index in [-0.39, 0.29) is 6.61 Å². The third kappa shape index (κ3) is 4.04. The second-order valence-corrected chi connectivity index (χ2v) is 4.11. The number of carbonyl (C=O) groups is 2. The van der Waals surface area contributed by atoms with Gasteiger partial charge in [0.25, 0.3) is 0 Å². The van der Waals surface area contributed by atoms with Gasteiger partial charge in [0.15, 0.2) is 0 Å². The van der Waals surface area contributed by atoms with Crippen molar-refractivity contribution in [2.75, 3.05) is 26.3 Å². The second-order valence-electron chi connectivity index (χ2n) is 4.11. The van der Waals surface area contributed by atoms with Crippen molar-refractivity contribution >= 4 is 11.8 Å². The van der Waals surface area contributed by atoms with E-state index in [1.807, 2.05) is 30.3 Å². The van der Waals surface area contributed by atoms with Gasteiger partial charge in [-0.25, -0.2) is 5.48 Å². The van der Waals surface area contributed by atoms with Gasteiger partial charge in [-0.3, -0.25) is 14.4 Å². The van der Waals surface area contributed by atoms with Gasteiger partial charge in [-0.2, -0.15) is 0 Å². The fourth-order valence-corrected chi connectivity index (χ4v) is 1.71. The van der Waals surface area contributed by atoms with E-state index in [0.29, 0.717) is 26.3 Å². The molecular weight excluding hydrogens is 248 g/mol. The van der Waals surface area contributed by atoms with Crippen LogP contribution in [-0.4, -0.2) is 43.0 Å². The first-order chi connectivity index (χ1) is 9.27. The quantitative estimate of drug-likeness (QED) is 0.621. The lowest BCUT2D eigenvalue weighted by atomic mass is 10.2. The van der Waals surface area contributed by atoms with Crippen LogP contribution in [0.4, 0.5) is 0 Å². The maximum atomic E-state index is 11.7. The highest BCUT2D eigenvalue weighted by Gasteiger charge is 2.23. The molecule has 1 N–H and O–H groups in total. The molecule has 0 saturated carbocycles. The van der Waals surface area contributed by atoms with Gasteiger partial charge in [0, 0.05) is 13.1 Å². The minimum Gasteiger partial charge on any atom is -0.378 e. The SMILES string of the molecule is O=C(NOCc1ccccc1)C(=O)N1CCOCC1. The Kier molecular flexibility index (Phi) is 4.88. The molecule has 1 saturated heterocycles. The molecule has 6 nitrogen and oxygen atoms in total. The van der Waals surface area contributed by atoms with Gasteiger partial charge in [0.1, 0.15) is 0 Å². The monoisotopic (exact) mass is 264 g/mol. The molecule has 0 aromatic heterocycles. The molecular formula is C13H16N2O4. The van der Waals surface area contributed by atoms with Gasteiger partial charge >= 0.3 is 11.8 Å². The van der Waals surface area contributed by atoms with Crippen molar-refractivity contribution in [3.63, 3.8) is 0 Å². The molecule has 102 valence electrons. The Morgan fingerprint density at radius 3 is 2.58 bits per heavy atom. The average Bonchev–Trinajstić information content (AvgIpc) is 2.48. The summed E-state index contributed by atoms with van der Waals surface area (Å²) in [4.78, 5) is 29.7. The first kappa shape index (κ1) is 13.5. The molecule has 0 spiro atoms. The van der Waals surface area contributed by atoms with Gasteiger partial charge < -0.3 is 9.64 Å². The fraction of sp³-hybridized carbons (Fsp3) is 0.385. The number of nitrogens with zero attached hydrogens (tertiary/aromatic N) is 1. The van der Waals surface area contributed by atoms with E-state index >= 15 is 0 Å². The van der Waals surface area contributed by atoms with Crippen LogP contribution < -0.4 is 5.48 Å².